The van der Waals surface area contributed by atoms with Crippen LogP contribution in [0.3, 0.4) is 0 Å². The molecule has 0 amide bonds. The van der Waals surface area contributed by atoms with Gasteiger partial charge in [0.15, 0.2) is 0 Å². The zero-order valence-electron chi connectivity index (χ0n) is 13.1. The first-order valence-electron chi connectivity index (χ1n) is 8.01. The number of benzene rings is 1. The lowest BCUT2D eigenvalue weighted by molar-refractivity contribution is 0.134. The van der Waals surface area contributed by atoms with E-state index in [2.05, 4.69) is 11.8 Å². The average Bonchev–Trinajstić information content (AvgIpc) is 2.75. The van der Waals surface area contributed by atoms with Gasteiger partial charge in [-0.25, -0.2) is 0 Å². The van der Waals surface area contributed by atoms with Crippen molar-refractivity contribution >= 4 is 11.6 Å². The second kappa shape index (κ2) is 8.02. The molecule has 2 unspecified atom stereocenters. The van der Waals surface area contributed by atoms with Crippen molar-refractivity contribution in [2.75, 3.05) is 20.2 Å². The van der Waals surface area contributed by atoms with Crippen LogP contribution < -0.4 is 10.5 Å². The Morgan fingerprint density at radius 1 is 1.38 bits per heavy atom. The quantitative estimate of drug-likeness (QED) is 0.893. The van der Waals surface area contributed by atoms with E-state index in [0.717, 1.165) is 29.3 Å². The van der Waals surface area contributed by atoms with Gasteiger partial charge in [-0.05, 0) is 37.9 Å². The lowest BCUT2D eigenvalue weighted by Crippen LogP contribution is -2.41. The van der Waals surface area contributed by atoms with E-state index in [1.54, 1.807) is 7.11 Å². The molecule has 1 fully saturated rings. The van der Waals surface area contributed by atoms with Crippen LogP contribution >= 0.6 is 11.6 Å². The molecule has 0 aromatic heterocycles. The highest BCUT2D eigenvalue weighted by Crippen LogP contribution is 2.37. The molecule has 2 atom stereocenters. The molecule has 0 spiro atoms. The molecule has 0 bridgehead atoms. The first-order valence-corrected chi connectivity index (χ1v) is 8.38. The van der Waals surface area contributed by atoms with Crippen LogP contribution in [0.4, 0.5) is 0 Å². The second-order valence-corrected chi connectivity index (χ2v) is 6.16. The van der Waals surface area contributed by atoms with Gasteiger partial charge in [0.2, 0.25) is 0 Å². The molecule has 2 rings (SSSR count). The SMILES string of the molecule is CCC1CCCCCN1C(CN)c1c(Cl)cccc1OC. The van der Waals surface area contributed by atoms with Gasteiger partial charge in [-0.1, -0.05) is 37.4 Å². The third-order valence-corrected chi connectivity index (χ3v) is 4.91. The molecular formula is C17H27ClN2O. The minimum absolute atomic E-state index is 0.136. The van der Waals surface area contributed by atoms with Gasteiger partial charge in [-0.3, -0.25) is 4.90 Å². The topological polar surface area (TPSA) is 38.5 Å². The zero-order chi connectivity index (χ0) is 15.2. The number of nitrogens with two attached hydrogens (primary N) is 1. The summed E-state index contributed by atoms with van der Waals surface area (Å²) in [7, 11) is 1.70. The number of hydrogen-bond acceptors (Lipinski definition) is 3. The fourth-order valence-corrected chi connectivity index (χ4v) is 3.78. The van der Waals surface area contributed by atoms with Gasteiger partial charge >= 0.3 is 0 Å². The van der Waals surface area contributed by atoms with Crippen LogP contribution in [0, 0.1) is 0 Å². The van der Waals surface area contributed by atoms with Crippen LogP contribution in [0.25, 0.3) is 0 Å². The molecule has 1 heterocycles. The maximum Gasteiger partial charge on any atom is 0.125 e. The predicted octanol–water partition coefficient (Wildman–Crippen LogP) is 4.00. The highest BCUT2D eigenvalue weighted by molar-refractivity contribution is 6.31. The lowest BCUT2D eigenvalue weighted by atomic mass is 9.99. The molecule has 1 aliphatic rings. The first kappa shape index (κ1) is 16.6. The minimum Gasteiger partial charge on any atom is -0.496 e. The van der Waals surface area contributed by atoms with Crippen LogP contribution in [-0.2, 0) is 0 Å². The molecule has 0 radical (unpaired) electrons. The Balaban J connectivity index is 2.37. The van der Waals surface area contributed by atoms with Crippen molar-refractivity contribution in [2.24, 2.45) is 5.73 Å². The standard InChI is InChI=1S/C17H27ClN2O/c1-3-13-8-5-4-6-11-20(13)15(12-19)17-14(18)9-7-10-16(17)21-2/h7,9-10,13,15H,3-6,8,11-12,19H2,1-2H3. The van der Waals surface area contributed by atoms with Gasteiger partial charge in [0.25, 0.3) is 0 Å². The van der Waals surface area contributed by atoms with Gasteiger partial charge in [0, 0.05) is 23.2 Å². The van der Waals surface area contributed by atoms with Gasteiger partial charge in [-0.15, -0.1) is 0 Å². The summed E-state index contributed by atoms with van der Waals surface area (Å²) in [6.45, 7) is 3.92. The fourth-order valence-electron chi connectivity index (χ4n) is 3.49. The molecule has 21 heavy (non-hydrogen) atoms. The Labute approximate surface area is 133 Å². The first-order chi connectivity index (χ1) is 10.2. The third-order valence-electron chi connectivity index (χ3n) is 4.58. The molecule has 0 aliphatic carbocycles. The Morgan fingerprint density at radius 2 is 2.19 bits per heavy atom. The summed E-state index contributed by atoms with van der Waals surface area (Å²) in [6, 6.07) is 6.56. The predicted molar refractivity (Wildman–Crippen MR) is 89.1 cm³/mol. The Bertz CT molecular complexity index is 452. The van der Waals surface area contributed by atoms with E-state index in [1.165, 1.54) is 25.7 Å². The molecule has 1 aromatic carbocycles. The van der Waals surface area contributed by atoms with Crippen molar-refractivity contribution in [1.82, 2.24) is 4.90 Å². The summed E-state index contributed by atoms with van der Waals surface area (Å²) in [4.78, 5) is 2.55. The monoisotopic (exact) mass is 310 g/mol. The van der Waals surface area contributed by atoms with Crippen molar-refractivity contribution in [3.05, 3.63) is 28.8 Å². The summed E-state index contributed by atoms with van der Waals surface area (Å²) < 4.78 is 5.53. The molecule has 2 N–H and O–H groups in total. The van der Waals surface area contributed by atoms with Gasteiger partial charge in [0.05, 0.1) is 13.2 Å². The molecule has 3 nitrogen and oxygen atoms in total. The molecular weight excluding hydrogens is 284 g/mol. The number of nitrogens with zero attached hydrogens (tertiary/aromatic N) is 1. The molecule has 1 aliphatic heterocycles. The van der Waals surface area contributed by atoms with E-state index in [0.29, 0.717) is 12.6 Å². The van der Waals surface area contributed by atoms with Crippen LogP contribution in [0.1, 0.15) is 50.6 Å². The van der Waals surface area contributed by atoms with E-state index in [1.807, 2.05) is 18.2 Å². The number of halogens is 1. The average molecular weight is 311 g/mol. The smallest absolute Gasteiger partial charge is 0.125 e. The van der Waals surface area contributed by atoms with Crippen molar-refractivity contribution in [2.45, 2.75) is 51.1 Å². The maximum atomic E-state index is 6.47. The van der Waals surface area contributed by atoms with E-state index < -0.39 is 0 Å². The van der Waals surface area contributed by atoms with Crippen LogP contribution in [0.2, 0.25) is 5.02 Å². The number of rotatable bonds is 5. The molecule has 1 saturated heterocycles. The molecule has 1 aromatic rings. The number of hydrogen-bond donors (Lipinski definition) is 1. The summed E-state index contributed by atoms with van der Waals surface area (Å²) >= 11 is 6.47. The summed E-state index contributed by atoms with van der Waals surface area (Å²) in [5.74, 6) is 0.844. The van der Waals surface area contributed by atoms with Crippen molar-refractivity contribution < 1.29 is 4.74 Å². The largest absolute Gasteiger partial charge is 0.496 e. The molecule has 118 valence electrons. The number of likely N-dealkylation sites (tertiary alicyclic amines) is 1. The molecule has 0 saturated carbocycles. The Hall–Kier alpha value is -0.770. The summed E-state index contributed by atoms with van der Waals surface area (Å²) in [5, 5.41) is 0.754. The number of methoxy groups -OCH3 is 1. The van der Waals surface area contributed by atoms with Gasteiger partial charge < -0.3 is 10.5 Å². The Kier molecular flexibility index (Phi) is 6.34. The van der Waals surface area contributed by atoms with Crippen molar-refractivity contribution in [3.8, 4) is 5.75 Å². The summed E-state index contributed by atoms with van der Waals surface area (Å²) in [5.41, 5.74) is 7.19. The third kappa shape index (κ3) is 3.71. The highest BCUT2D eigenvalue weighted by Gasteiger charge is 2.30. The lowest BCUT2D eigenvalue weighted by Gasteiger charge is -2.37. The second-order valence-electron chi connectivity index (χ2n) is 5.76. The Morgan fingerprint density at radius 3 is 2.86 bits per heavy atom. The van der Waals surface area contributed by atoms with E-state index in [-0.39, 0.29) is 6.04 Å². The highest BCUT2D eigenvalue weighted by atomic mass is 35.5. The van der Waals surface area contributed by atoms with Crippen molar-refractivity contribution in [3.63, 3.8) is 0 Å². The van der Waals surface area contributed by atoms with E-state index >= 15 is 0 Å². The van der Waals surface area contributed by atoms with Crippen LogP contribution in [0.15, 0.2) is 18.2 Å². The van der Waals surface area contributed by atoms with Gasteiger partial charge in [0.1, 0.15) is 5.75 Å². The minimum atomic E-state index is 0.136. The summed E-state index contributed by atoms with van der Waals surface area (Å²) in [6.07, 6.45) is 6.26. The van der Waals surface area contributed by atoms with E-state index in [9.17, 15) is 0 Å². The van der Waals surface area contributed by atoms with Crippen LogP contribution in [0.5, 0.6) is 5.75 Å². The maximum absolute atomic E-state index is 6.47. The normalized spacial score (nSPS) is 21.8. The van der Waals surface area contributed by atoms with Gasteiger partial charge in [-0.2, -0.15) is 0 Å². The molecule has 4 heteroatoms. The number of ether oxygens (including phenoxy) is 1. The zero-order valence-corrected chi connectivity index (χ0v) is 13.9. The van der Waals surface area contributed by atoms with Crippen molar-refractivity contribution in [1.29, 1.82) is 0 Å². The van der Waals surface area contributed by atoms with E-state index in [4.69, 9.17) is 22.1 Å². The fraction of sp³-hybridized carbons (Fsp3) is 0.647. The van der Waals surface area contributed by atoms with Crippen LogP contribution in [-0.4, -0.2) is 31.1 Å².